The van der Waals surface area contributed by atoms with Crippen LogP contribution in [0.4, 0.5) is 11.5 Å². The third-order valence-corrected chi connectivity index (χ3v) is 4.62. The van der Waals surface area contributed by atoms with E-state index in [4.69, 9.17) is 4.74 Å². The summed E-state index contributed by atoms with van der Waals surface area (Å²) >= 11 is 0. The minimum atomic E-state index is -0.249. The van der Waals surface area contributed by atoms with Gasteiger partial charge in [-0.05, 0) is 49.1 Å². The zero-order chi connectivity index (χ0) is 19.9. The number of aryl methyl sites for hydroxylation is 1. The Morgan fingerprint density at radius 1 is 1.04 bits per heavy atom. The lowest BCUT2D eigenvalue weighted by Crippen LogP contribution is -2.26. The summed E-state index contributed by atoms with van der Waals surface area (Å²) < 4.78 is 5.32. The molecule has 0 bridgehead atoms. The summed E-state index contributed by atoms with van der Waals surface area (Å²) in [5, 5.41) is 6.10. The normalized spacial score (nSPS) is 10.4. The number of anilines is 2. The van der Waals surface area contributed by atoms with Crippen molar-refractivity contribution in [1.82, 2.24) is 15.3 Å². The number of nitrogens with zero attached hydrogens (tertiary/aromatic N) is 2. The standard InChI is InChI=1S/C22H24N4O2/c1-15-7-6-9-18(16(15)2)26-21-14-24-19(13-25-21)22(27)23-12-11-17-8-4-5-10-20(17)28-3/h4-10,13-14H,11-12H2,1-3H3,(H,23,27)(H,25,26). The van der Waals surface area contributed by atoms with Crippen molar-refractivity contribution >= 4 is 17.4 Å². The largest absolute Gasteiger partial charge is 0.496 e. The van der Waals surface area contributed by atoms with Crippen molar-refractivity contribution in [2.75, 3.05) is 19.0 Å². The molecule has 0 saturated carbocycles. The van der Waals surface area contributed by atoms with Gasteiger partial charge in [-0.3, -0.25) is 4.79 Å². The van der Waals surface area contributed by atoms with Crippen LogP contribution in [0.25, 0.3) is 0 Å². The molecule has 3 rings (SSSR count). The van der Waals surface area contributed by atoms with Crippen LogP contribution in [0.15, 0.2) is 54.9 Å². The van der Waals surface area contributed by atoms with Crippen LogP contribution in [0, 0.1) is 13.8 Å². The van der Waals surface area contributed by atoms with E-state index in [0.717, 1.165) is 22.6 Å². The van der Waals surface area contributed by atoms with Crippen LogP contribution in [0.3, 0.4) is 0 Å². The van der Waals surface area contributed by atoms with Crippen molar-refractivity contribution in [3.8, 4) is 5.75 Å². The monoisotopic (exact) mass is 376 g/mol. The van der Waals surface area contributed by atoms with Gasteiger partial charge in [0.2, 0.25) is 0 Å². The van der Waals surface area contributed by atoms with E-state index in [1.165, 1.54) is 11.8 Å². The lowest BCUT2D eigenvalue weighted by Gasteiger charge is -2.11. The van der Waals surface area contributed by atoms with Gasteiger partial charge in [0.1, 0.15) is 17.3 Å². The summed E-state index contributed by atoms with van der Waals surface area (Å²) in [7, 11) is 1.64. The third kappa shape index (κ3) is 4.65. The van der Waals surface area contributed by atoms with E-state index in [-0.39, 0.29) is 11.6 Å². The number of carbonyl (C=O) groups is 1. The lowest BCUT2D eigenvalue weighted by atomic mass is 10.1. The molecule has 0 atom stereocenters. The maximum Gasteiger partial charge on any atom is 0.271 e. The van der Waals surface area contributed by atoms with Gasteiger partial charge in [0.25, 0.3) is 5.91 Å². The second-order valence-corrected chi connectivity index (χ2v) is 6.48. The SMILES string of the molecule is COc1ccccc1CCNC(=O)c1cnc(Nc2cccc(C)c2C)cn1. The predicted octanol–water partition coefficient (Wildman–Crippen LogP) is 3.82. The lowest BCUT2D eigenvalue weighted by molar-refractivity contribution is 0.0948. The number of methoxy groups -OCH3 is 1. The average molecular weight is 376 g/mol. The fourth-order valence-electron chi connectivity index (χ4n) is 2.85. The predicted molar refractivity (Wildman–Crippen MR) is 110 cm³/mol. The maximum absolute atomic E-state index is 12.3. The highest BCUT2D eigenvalue weighted by molar-refractivity contribution is 5.92. The molecule has 0 aliphatic carbocycles. The first-order valence-corrected chi connectivity index (χ1v) is 9.14. The zero-order valence-electron chi connectivity index (χ0n) is 16.3. The Hall–Kier alpha value is -3.41. The molecule has 0 unspecified atom stereocenters. The molecule has 3 aromatic rings. The first-order chi connectivity index (χ1) is 13.6. The van der Waals surface area contributed by atoms with Crippen molar-refractivity contribution < 1.29 is 9.53 Å². The Morgan fingerprint density at radius 2 is 1.86 bits per heavy atom. The summed E-state index contributed by atoms with van der Waals surface area (Å²) in [6, 6.07) is 13.8. The molecule has 1 aromatic heterocycles. The van der Waals surface area contributed by atoms with Gasteiger partial charge in [-0.25, -0.2) is 9.97 Å². The van der Waals surface area contributed by atoms with Crippen LogP contribution in [-0.2, 0) is 6.42 Å². The summed E-state index contributed by atoms with van der Waals surface area (Å²) in [6.45, 7) is 4.60. The van der Waals surface area contributed by atoms with E-state index in [1.54, 1.807) is 13.3 Å². The summed E-state index contributed by atoms with van der Waals surface area (Å²) in [5.74, 6) is 1.17. The molecule has 144 valence electrons. The molecule has 0 fully saturated rings. The number of para-hydroxylation sites is 1. The number of carbonyl (C=O) groups excluding carboxylic acids is 1. The number of hydrogen-bond donors (Lipinski definition) is 2. The van der Waals surface area contributed by atoms with Gasteiger partial charge in [-0.2, -0.15) is 0 Å². The number of benzene rings is 2. The average Bonchev–Trinajstić information content (AvgIpc) is 2.72. The molecule has 0 aliphatic rings. The Labute approximate surface area is 165 Å². The number of amides is 1. The van der Waals surface area contributed by atoms with Gasteiger partial charge < -0.3 is 15.4 Å². The van der Waals surface area contributed by atoms with E-state index in [9.17, 15) is 4.79 Å². The van der Waals surface area contributed by atoms with Crippen LogP contribution in [-0.4, -0.2) is 29.5 Å². The van der Waals surface area contributed by atoms with E-state index in [1.807, 2.05) is 36.4 Å². The molecular formula is C22H24N4O2. The summed E-state index contributed by atoms with van der Waals surface area (Å²) in [5.41, 5.74) is 4.66. The van der Waals surface area contributed by atoms with Crippen LogP contribution in [0.5, 0.6) is 5.75 Å². The first-order valence-electron chi connectivity index (χ1n) is 9.14. The van der Waals surface area contributed by atoms with Gasteiger partial charge >= 0.3 is 0 Å². The third-order valence-electron chi connectivity index (χ3n) is 4.62. The summed E-state index contributed by atoms with van der Waals surface area (Å²) in [6.07, 6.45) is 3.72. The molecule has 28 heavy (non-hydrogen) atoms. The molecule has 1 amide bonds. The molecule has 0 aliphatic heterocycles. The molecule has 0 radical (unpaired) electrons. The van der Waals surface area contributed by atoms with Crippen molar-refractivity contribution in [2.24, 2.45) is 0 Å². The molecule has 2 aromatic carbocycles. The Kier molecular flexibility index (Phi) is 6.22. The van der Waals surface area contributed by atoms with Crippen LogP contribution in [0.1, 0.15) is 27.2 Å². The van der Waals surface area contributed by atoms with Crippen molar-refractivity contribution in [1.29, 1.82) is 0 Å². The molecular weight excluding hydrogens is 352 g/mol. The minimum absolute atomic E-state index is 0.249. The highest BCUT2D eigenvalue weighted by Gasteiger charge is 2.09. The highest BCUT2D eigenvalue weighted by atomic mass is 16.5. The van der Waals surface area contributed by atoms with Gasteiger partial charge in [0, 0.05) is 12.2 Å². The molecule has 0 spiro atoms. The fourth-order valence-corrected chi connectivity index (χ4v) is 2.85. The van der Waals surface area contributed by atoms with Gasteiger partial charge in [0.05, 0.1) is 19.5 Å². The Morgan fingerprint density at radius 3 is 2.61 bits per heavy atom. The van der Waals surface area contributed by atoms with Crippen molar-refractivity contribution in [3.05, 3.63) is 77.2 Å². The second-order valence-electron chi connectivity index (χ2n) is 6.48. The van der Waals surface area contributed by atoms with Crippen LogP contribution >= 0.6 is 0 Å². The van der Waals surface area contributed by atoms with Gasteiger partial charge in [-0.1, -0.05) is 30.3 Å². The molecule has 2 N–H and O–H groups in total. The van der Waals surface area contributed by atoms with Crippen molar-refractivity contribution in [2.45, 2.75) is 20.3 Å². The first kappa shape index (κ1) is 19.4. The second kappa shape index (κ2) is 8.99. The molecule has 6 heteroatoms. The minimum Gasteiger partial charge on any atom is -0.496 e. The van der Waals surface area contributed by atoms with Crippen LogP contribution in [0.2, 0.25) is 0 Å². The van der Waals surface area contributed by atoms with Crippen LogP contribution < -0.4 is 15.4 Å². The van der Waals surface area contributed by atoms with Gasteiger partial charge in [0.15, 0.2) is 0 Å². The molecule has 0 saturated heterocycles. The van der Waals surface area contributed by atoms with Crippen molar-refractivity contribution in [3.63, 3.8) is 0 Å². The number of ether oxygens (including phenoxy) is 1. The quantitative estimate of drug-likeness (QED) is 0.656. The Balaban J connectivity index is 1.57. The fraction of sp³-hybridized carbons (Fsp3) is 0.227. The number of rotatable bonds is 7. The zero-order valence-corrected chi connectivity index (χ0v) is 16.3. The molecule has 1 heterocycles. The van der Waals surface area contributed by atoms with Gasteiger partial charge in [-0.15, -0.1) is 0 Å². The Bertz CT molecular complexity index is 955. The van der Waals surface area contributed by atoms with E-state index in [2.05, 4.69) is 40.5 Å². The molecule has 6 nitrogen and oxygen atoms in total. The summed E-state index contributed by atoms with van der Waals surface area (Å²) in [4.78, 5) is 20.8. The van der Waals surface area contributed by atoms with E-state index >= 15 is 0 Å². The number of hydrogen-bond acceptors (Lipinski definition) is 5. The maximum atomic E-state index is 12.3. The smallest absolute Gasteiger partial charge is 0.271 e. The topological polar surface area (TPSA) is 76.1 Å². The van der Waals surface area contributed by atoms with E-state index in [0.29, 0.717) is 18.8 Å². The number of aromatic nitrogens is 2. The van der Waals surface area contributed by atoms with E-state index < -0.39 is 0 Å². The number of nitrogens with one attached hydrogen (secondary N) is 2. The highest BCUT2D eigenvalue weighted by Crippen LogP contribution is 2.21.